The van der Waals surface area contributed by atoms with Crippen LogP contribution in [-0.4, -0.2) is 113 Å². The fraction of sp³-hybridized carbons (Fsp3) is 0.741. The van der Waals surface area contributed by atoms with E-state index in [2.05, 4.69) is 10.6 Å². The first-order valence-electron chi connectivity index (χ1n) is 14.0. The van der Waals surface area contributed by atoms with Gasteiger partial charge in [-0.25, -0.2) is 0 Å². The average molecular weight is 599 g/mol. The lowest BCUT2D eigenvalue weighted by molar-refractivity contribution is -0.145. The van der Waals surface area contributed by atoms with Crippen LogP contribution < -0.4 is 10.6 Å². The van der Waals surface area contributed by atoms with Crippen molar-refractivity contribution in [2.75, 3.05) is 32.1 Å². The third-order valence-electron chi connectivity index (χ3n) is 6.42. The Morgan fingerprint density at radius 1 is 0.854 bits per heavy atom. The van der Waals surface area contributed by atoms with Crippen molar-refractivity contribution in [3.63, 3.8) is 0 Å². The smallest absolute Gasteiger partial charge is 0.259 e. The zero-order chi connectivity index (χ0) is 30.7. The van der Waals surface area contributed by atoms with E-state index in [4.69, 9.17) is 9.47 Å². The zero-order valence-electron chi connectivity index (χ0n) is 24.4. The largest absolute Gasteiger partial charge is 0.366 e. The Morgan fingerprint density at radius 2 is 1.34 bits per heavy atom. The molecule has 2 aliphatic rings. The minimum Gasteiger partial charge on any atom is -0.366 e. The molecule has 6 amide bonds. The molecule has 2 heterocycles. The van der Waals surface area contributed by atoms with Crippen LogP contribution in [0.15, 0.2) is 0 Å². The van der Waals surface area contributed by atoms with Gasteiger partial charge in [0.2, 0.25) is 23.6 Å². The molecule has 3 atom stereocenters. The van der Waals surface area contributed by atoms with Gasteiger partial charge in [-0.3, -0.25) is 43.4 Å². The number of carbonyl (C=O) groups excluding carboxylic acids is 7. The first kappa shape index (κ1) is 34.4. The molecule has 0 aromatic carbocycles. The van der Waals surface area contributed by atoms with Crippen molar-refractivity contribution in [1.82, 2.24) is 20.4 Å². The molecule has 230 valence electrons. The SMILES string of the molecule is CCCC(=O)CSC(CC(=O)NCCOC1CC(=O)N(C(C)C)C1=O)C(=O)NCCOC1CC(=O)N(C(C)C)C1=O. The normalized spacial score (nSPS) is 20.0. The third kappa shape index (κ3) is 10.2. The Balaban J connectivity index is 1.80. The second-order valence-corrected chi connectivity index (χ2v) is 11.6. The van der Waals surface area contributed by atoms with Crippen LogP contribution >= 0.6 is 11.8 Å². The van der Waals surface area contributed by atoms with Crippen LogP contribution in [0.2, 0.25) is 0 Å². The summed E-state index contributed by atoms with van der Waals surface area (Å²) in [6.07, 6.45) is -1.01. The number of ether oxygens (including phenoxy) is 2. The number of nitrogens with zero attached hydrogens (tertiary/aromatic N) is 2. The Morgan fingerprint density at radius 3 is 1.78 bits per heavy atom. The predicted octanol–water partition coefficient (Wildman–Crippen LogP) is 0.185. The van der Waals surface area contributed by atoms with Crippen molar-refractivity contribution in [2.24, 2.45) is 0 Å². The number of Topliss-reactive ketones (excluding diaryl/α,β-unsaturated/α-hetero) is 1. The molecule has 0 radical (unpaired) electrons. The van der Waals surface area contributed by atoms with E-state index in [1.54, 1.807) is 27.7 Å². The molecular formula is C27H42N4O9S. The fourth-order valence-electron chi connectivity index (χ4n) is 4.48. The van der Waals surface area contributed by atoms with Crippen molar-refractivity contribution in [2.45, 2.75) is 96.3 Å². The summed E-state index contributed by atoms with van der Waals surface area (Å²) in [6, 6.07) is -0.525. The summed E-state index contributed by atoms with van der Waals surface area (Å²) in [5.41, 5.74) is 0. The molecular weight excluding hydrogens is 556 g/mol. The molecule has 0 spiro atoms. The standard InChI is InChI=1S/C27H42N4O9S/c1-6-7-18(32)15-41-21(25(36)29-9-11-40-20-13-24(35)31(17(4)5)27(20)38)14-22(33)28-8-10-39-19-12-23(34)30(16(2)3)26(19)37/h16-17,19-21H,6-15H2,1-5H3,(H,28,33)(H,29,36). The summed E-state index contributed by atoms with van der Waals surface area (Å²) in [4.78, 5) is 88.4. The molecule has 0 saturated carbocycles. The number of nitrogens with one attached hydrogen (secondary N) is 2. The maximum Gasteiger partial charge on any atom is 0.259 e. The summed E-state index contributed by atoms with van der Waals surface area (Å²) in [6.45, 7) is 8.96. The second-order valence-electron chi connectivity index (χ2n) is 10.5. The van der Waals surface area contributed by atoms with E-state index in [0.29, 0.717) is 12.8 Å². The van der Waals surface area contributed by atoms with Crippen molar-refractivity contribution in [3.8, 4) is 0 Å². The molecule has 13 nitrogen and oxygen atoms in total. The lowest BCUT2D eigenvalue weighted by atomic mass is 10.2. The highest BCUT2D eigenvalue weighted by Crippen LogP contribution is 2.20. The van der Waals surface area contributed by atoms with Crippen LogP contribution in [-0.2, 0) is 43.0 Å². The van der Waals surface area contributed by atoms with Gasteiger partial charge >= 0.3 is 0 Å². The fourth-order valence-corrected chi connectivity index (χ4v) is 5.52. The van der Waals surface area contributed by atoms with Gasteiger partial charge in [-0.05, 0) is 34.1 Å². The summed E-state index contributed by atoms with van der Waals surface area (Å²) in [5.74, 6) is -2.26. The summed E-state index contributed by atoms with van der Waals surface area (Å²) < 4.78 is 11.0. The van der Waals surface area contributed by atoms with E-state index < -0.39 is 41.1 Å². The zero-order valence-corrected chi connectivity index (χ0v) is 25.3. The molecule has 0 aliphatic carbocycles. The molecule has 0 aromatic heterocycles. The van der Waals surface area contributed by atoms with Gasteiger partial charge in [-0.15, -0.1) is 11.8 Å². The van der Waals surface area contributed by atoms with E-state index in [0.717, 1.165) is 11.8 Å². The van der Waals surface area contributed by atoms with Crippen LogP contribution in [0.25, 0.3) is 0 Å². The van der Waals surface area contributed by atoms with Crippen LogP contribution in [0.4, 0.5) is 0 Å². The van der Waals surface area contributed by atoms with Crippen LogP contribution in [0.5, 0.6) is 0 Å². The number of likely N-dealkylation sites (tertiary alicyclic amines) is 2. The number of imide groups is 2. The number of carbonyl (C=O) groups is 7. The van der Waals surface area contributed by atoms with Crippen molar-refractivity contribution in [1.29, 1.82) is 0 Å². The molecule has 3 unspecified atom stereocenters. The first-order valence-corrected chi connectivity index (χ1v) is 15.0. The molecule has 0 aromatic rings. The van der Waals surface area contributed by atoms with Crippen LogP contribution in [0, 0.1) is 0 Å². The highest BCUT2D eigenvalue weighted by molar-refractivity contribution is 8.01. The van der Waals surface area contributed by atoms with Crippen LogP contribution in [0.3, 0.4) is 0 Å². The number of hydrogen-bond acceptors (Lipinski definition) is 10. The van der Waals surface area contributed by atoms with Gasteiger partial charge in [0.1, 0.15) is 18.0 Å². The Bertz CT molecular complexity index is 1000. The van der Waals surface area contributed by atoms with Crippen molar-refractivity contribution in [3.05, 3.63) is 0 Å². The summed E-state index contributed by atoms with van der Waals surface area (Å²) in [5, 5.41) is 4.46. The lowest BCUT2D eigenvalue weighted by Crippen LogP contribution is -2.41. The van der Waals surface area contributed by atoms with E-state index in [1.807, 2.05) is 6.92 Å². The molecule has 2 rings (SSSR count). The van der Waals surface area contributed by atoms with Gasteiger partial charge in [-0.2, -0.15) is 0 Å². The van der Waals surface area contributed by atoms with Crippen molar-refractivity contribution >= 4 is 53.0 Å². The Kier molecular flexibility index (Phi) is 13.9. The molecule has 2 saturated heterocycles. The van der Waals surface area contributed by atoms with Gasteiger partial charge < -0.3 is 20.1 Å². The van der Waals surface area contributed by atoms with E-state index in [1.165, 1.54) is 9.80 Å². The topological polar surface area (TPSA) is 168 Å². The summed E-state index contributed by atoms with van der Waals surface area (Å²) >= 11 is 1.07. The number of ketones is 1. The Labute approximate surface area is 244 Å². The lowest BCUT2D eigenvalue weighted by Gasteiger charge is -2.19. The second kappa shape index (κ2) is 16.6. The number of hydrogen-bond donors (Lipinski definition) is 2. The molecule has 41 heavy (non-hydrogen) atoms. The van der Waals surface area contributed by atoms with Gasteiger partial charge in [-0.1, -0.05) is 6.92 Å². The van der Waals surface area contributed by atoms with Crippen molar-refractivity contribution < 1.29 is 43.0 Å². The molecule has 0 bridgehead atoms. The van der Waals surface area contributed by atoms with E-state index in [9.17, 15) is 33.6 Å². The molecule has 14 heteroatoms. The predicted molar refractivity (Wildman–Crippen MR) is 149 cm³/mol. The number of thioether (sulfide) groups is 1. The van der Waals surface area contributed by atoms with Gasteiger partial charge in [0, 0.05) is 38.0 Å². The minimum absolute atomic E-state index is 0.00627. The average Bonchev–Trinajstić information content (AvgIpc) is 3.34. The molecule has 2 fully saturated rings. The third-order valence-corrected chi connectivity index (χ3v) is 7.69. The monoisotopic (exact) mass is 598 g/mol. The maximum absolute atomic E-state index is 12.9. The van der Waals surface area contributed by atoms with Crippen LogP contribution in [0.1, 0.15) is 66.7 Å². The molecule has 2 N–H and O–H groups in total. The minimum atomic E-state index is -0.891. The highest BCUT2D eigenvalue weighted by atomic mass is 32.2. The Hall–Kier alpha value is -2.84. The first-order chi connectivity index (χ1) is 19.4. The van der Waals surface area contributed by atoms with Gasteiger partial charge in [0.15, 0.2) is 0 Å². The maximum atomic E-state index is 12.9. The number of rotatable bonds is 18. The van der Waals surface area contributed by atoms with E-state index in [-0.39, 0.29) is 81.0 Å². The quantitative estimate of drug-likeness (QED) is 0.164. The van der Waals surface area contributed by atoms with Gasteiger partial charge in [0.25, 0.3) is 11.8 Å². The molecule has 2 aliphatic heterocycles. The number of amides is 6. The van der Waals surface area contributed by atoms with E-state index >= 15 is 0 Å². The highest BCUT2D eigenvalue weighted by Gasteiger charge is 2.41. The van der Waals surface area contributed by atoms with Gasteiger partial charge in [0.05, 0.1) is 37.1 Å². The summed E-state index contributed by atoms with van der Waals surface area (Å²) in [7, 11) is 0.